The molecule has 0 N–H and O–H groups in total. The third kappa shape index (κ3) is 2.60. The highest BCUT2D eigenvalue weighted by molar-refractivity contribution is 9.15. The molecule has 1 rings (SSSR count). The average molecular weight is 270 g/mol. The zero-order chi connectivity index (χ0) is 10.6. The minimum atomic E-state index is 0.589. The van der Waals surface area contributed by atoms with Crippen LogP contribution in [0.4, 0.5) is 0 Å². The van der Waals surface area contributed by atoms with E-state index in [-0.39, 0.29) is 0 Å². The first-order chi connectivity index (χ1) is 6.66. The molecule has 0 heterocycles. The summed E-state index contributed by atoms with van der Waals surface area (Å²) in [5, 5.41) is 0.589. The van der Waals surface area contributed by atoms with Gasteiger partial charge in [0.25, 0.3) is 0 Å². The van der Waals surface area contributed by atoms with E-state index in [0.29, 0.717) is 10.6 Å². The molecule has 0 unspecified atom stereocenters. The Hall–Kier alpha value is -0.790. The molecule has 0 saturated carbocycles. The van der Waals surface area contributed by atoms with Crippen molar-refractivity contribution in [3.05, 3.63) is 65.7 Å². The molecule has 14 heavy (non-hydrogen) atoms. The van der Waals surface area contributed by atoms with Crippen LogP contribution in [0.5, 0.6) is 0 Å². The predicted octanol–water partition coefficient (Wildman–Crippen LogP) is 4.73. The summed E-state index contributed by atoms with van der Waals surface area (Å²) in [7, 11) is 0. The Bertz CT molecular complexity index is 377. The molecule has 0 saturated heterocycles. The van der Waals surface area contributed by atoms with Gasteiger partial charge in [0.15, 0.2) is 0 Å². The molecule has 0 fully saturated rings. The molecule has 0 atom stereocenters. The summed E-state index contributed by atoms with van der Waals surface area (Å²) < 4.78 is 0.838. The molecular formula is C12H10BrCl. The van der Waals surface area contributed by atoms with Crippen molar-refractivity contribution in [3.63, 3.8) is 0 Å². The Morgan fingerprint density at radius 2 is 1.86 bits per heavy atom. The molecule has 0 aliphatic heterocycles. The minimum absolute atomic E-state index is 0.589. The SMILES string of the molecule is C=CC(=C)/C(Cl)=C(/Br)c1ccccc1. The van der Waals surface area contributed by atoms with Gasteiger partial charge in [0, 0.05) is 4.48 Å². The molecule has 0 radical (unpaired) electrons. The summed E-state index contributed by atoms with van der Waals surface area (Å²) in [6, 6.07) is 9.82. The van der Waals surface area contributed by atoms with Crippen LogP contribution in [-0.4, -0.2) is 0 Å². The van der Waals surface area contributed by atoms with Gasteiger partial charge in [-0.05, 0) is 27.1 Å². The summed E-state index contributed by atoms with van der Waals surface area (Å²) in [6.07, 6.45) is 1.63. The second-order valence-corrected chi connectivity index (χ2v) is 3.89. The summed E-state index contributed by atoms with van der Waals surface area (Å²) in [6.45, 7) is 7.40. The van der Waals surface area contributed by atoms with Crippen molar-refractivity contribution in [1.82, 2.24) is 0 Å². The van der Waals surface area contributed by atoms with Gasteiger partial charge in [0.1, 0.15) is 0 Å². The molecule has 0 aliphatic carbocycles. The fourth-order valence-electron chi connectivity index (χ4n) is 0.942. The van der Waals surface area contributed by atoms with Crippen molar-refractivity contribution in [2.45, 2.75) is 0 Å². The molecule has 0 nitrogen and oxygen atoms in total. The Balaban J connectivity index is 3.11. The van der Waals surface area contributed by atoms with Crippen molar-refractivity contribution in [1.29, 1.82) is 0 Å². The first-order valence-corrected chi connectivity index (χ1v) is 5.26. The van der Waals surface area contributed by atoms with Crippen LogP contribution < -0.4 is 0 Å². The van der Waals surface area contributed by atoms with Gasteiger partial charge in [0.2, 0.25) is 0 Å². The molecular weight excluding hydrogens is 259 g/mol. The molecule has 0 aliphatic rings. The van der Waals surface area contributed by atoms with Crippen LogP contribution in [0.15, 0.2) is 60.2 Å². The third-order valence-electron chi connectivity index (χ3n) is 1.75. The second-order valence-electron chi connectivity index (χ2n) is 2.72. The molecule has 0 bridgehead atoms. The van der Waals surface area contributed by atoms with Gasteiger partial charge in [-0.15, -0.1) is 0 Å². The van der Waals surface area contributed by atoms with Crippen molar-refractivity contribution in [2.75, 3.05) is 0 Å². The zero-order valence-electron chi connectivity index (χ0n) is 7.63. The Morgan fingerprint density at radius 1 is 1.29 bits per heavy atom. The monoisotopic (exact) mass is 268 g/mol. The second kappa shape index (κ2) is 5.18. The minimum Gasteiger partial charge on any atom is -0.0984 e. The Morgan fingerprint density at radius 3 is 2.36 bits per heavy atom. The first-order valence-electron chi connectivity index (χ1n) is 4.09. The van der Waals surface area contributed by atoms with E-state index in [4.69, 9.17) is 11.6 Å². The Labute approximate surface area is 97.7 Å². The van der Waals surface area contributed by atoms with E-state index in [1.165, 1.54) is 0 Å². The Kier molecular flexibility index (Phi) is 4.18. The average Bonchev–Trinajstić information content (AvgIpc) is 2.27. The number of hydrogen-bond donors (Lipinski definition) is 0. The van der Waals surface area contributed by atoms with E-state index in [1.807, 2.05) is 30.3 Å². The van der Waals surface area contributed by atoms with Crippen LogP contribution in [-0.2, 0) is 0 Å². The molecule has 1 aromatic rings. The lowest BCUT2D eigenvalue weighted by molar-refractivity contribution is 1.63. The van der Waals surface area contributed by atoms with Crippen LogP contribution in [0, 0.1) is 0 Å². The lowest BCUT2D eigenvalue weighted by atomic mass is 10.1. The van der Waals surface area contributed by atoms with Gasteiger partial charge in [-0.3, -0.25) is 0 Å². The molecule has 2 heteroatoms. The molecule has 0 aromatic heterocycles. The highest BCUT2D eigenvalue weighted by Crippen LogP contribution is 2.31. The highest BCUT2D eigenvalue weighted by Gasteiger charge is 2.04. The van der Waals surface area contributed by atoms with Crippen molar-refractivity contribution in [3.8, 4) is 0 Å². The van der Waals surface area contributed by atoms with E-state index >= 15 is 0 Å². The normalized spacial score (nSPS) is 11.9. The van der Waals surface area contributed by atoms with Gasteiger partial charge in [-0.2, -0.15) is 0 Å². The predicted molar refractivity (Wildman–Crippen MR) is 67.5 cm³/mol. The molecule has 0 spiro atoms. The van der Waals surface area contributed by atoms with Gasteiger partial charge < -0.3 is 0 Å². The number of benzene rings is 1. The van der Waals surface area contributed by atoms with Crippen molar-refractivity contribution in [2.24, 2.45) is 0 Å². The maximum Gasteiger partial charge on any atom is 0.0620 e. The molecule has 1 aromatic carbocycles. The van der Waals surface area contributed by atoms with E-state index in [1.54, 1.807) is 6.08 Å². The maximum atomic E-state index is 6.08. The lowest BCUT2D eigenvalue weighted by Gasteiger charge is -2.03. The van der Waals surface area contributed by atoms with Crippen LogP contribution in [0.2, 0.25) is 0 Å². The van der Waals surface area contributed by atoms with E-state index in [0.717, 1.165) is 10.0 Å². The summed E-state index contributed by atoms with van der Waals surface area (Å²) in [5.74, 6) is 0. The fraction of sp³-hybridized carbons (Fsp3) is 0. The standard InChI is InChI=1S/C12H10BrCl/c1-3-9(2)12(14)11(13)10-7-5-4-6-8-10/h3-8H,1-2H2/b12-11-. The quantitative estimate of drug-likeness (QED) is 0.696. The number of halogens is 2. The lowest BCUT2D eigenvalue weighted by Crippen LogP contribution is -1.81. The summed E-state index contributed by atoms with van der Waals surface area (Å²) >= 11 is 9.51. The smallest absolute Gasteiger partial charge is 0.0620 e. The first kappa shape index (κ1) is 11.3. The van der Waals surface area contributed by atoms with Crippen LogP contribution in [0.25, 0.3) is 4.48 Å². The number of allylic oxidation sites excluding steroid dienone is 3. The molecule has 0 amide bonds. The molecule has 72 valence electrons. The van der Waals surface area contributed by atoms with Gasteiger partial charge in [-0.25, -0.2) is 0 Å². The van der Waals surface area contributed by atoms with Gasteiger partial charge in [0.05, 0.1) is 5.03 Å². The van der Waals surface area contributed by atoms with Crippen LogP contribution in [0.1, 0.15) is 5.56 Å². The summed E-state index contributed by atoms with van der Waals surface area (Å²) in [5.41, 5.74) is 1.74. The van der Waals surface area contributed by atoms with Gasteiger partial charge in [-0.1, -0.05) is 61.2 Å². The van der Waals surface area contributed by atoms with Crippen LogP contribution >= 0.6 is 27.5 Å². The topological polar surface area (TPSA) is 0 Å². The maximum absolute atomic E-state index is 6.08. The van der Waals surface area contributed by atoms with Crippen molar-refractivity contribution >= 4 is 32.0 Å². The van der Waals surface area contributed by atoms with Crippen molar-refractivity contribution < 1.29 is 0 Å². The van der Waals surface area contributed by atoms with Gasteiger partial charge >= 0.3 is 0 Å². The fourth-order valence-corrected chi connectivity index (χ4v) is 1.65. The van der Waals surface area contributed by atoms with E-state index < -0.39 is 0 Å². The third-order valence-corrected chi connectivity index (χ3v) is 3.26. The highest BCUT2D eigenvalue weighted by atomic mass is 79.9. The zero-order valence-corrected chi connectivity index (χ0v) is 9.98. The number of hydrogen-bond acceptors (Lipinski definition) is 0. The summed E-state index contributed by atoms with van der Waals surface area (Å²) in [4.78, 5) is 0. The van der Waals surface area contributed by atoms with E-state index in [9.17, 15) is 0 Å². The number of rotatable bonds is 3. The van der Waals surface area contributed by atoms with E-state index in [2.05, 4.69) is 29.1 Å². The largest absolute Gasteiger partial charge is 0.0984 e. The van der Waals surface area contributed by atoms with Crippen LogP contribution in [0.3, 0.4) is 0 Å².